The first-order valence-electron chi connectivity index (χ1n) is 8.37. The number of esters is 1. The van der Waals surface area contributed by atoms with E-state index in [9.17, 15) is 4.79 Å². The van der Waals surface area contributed by atoms with Crippen LogP contribution in [0.1, 0.15) is 38.4 Å². The number of thiazole rings is 1. The average molecular weight is 396 g/mol. The zero-order chi connectivity index (χ0) is 18.9. The van der Waals surface area contributed by atoms with E-state index in [1.165, 1.54) is 11.3 Å². The number of hydrogen-bond donors (Lipinski definition) is 1. The second-order valence-corrected chi connectivity index (χ2v) is 6.79. The van der Waals surface area contributed by atoms with Gasteiger partial charge in [0.05, 0.1) is 36.1 Å². The molecule has 0 saturated carbocycles. The predicted molar refractivity (Wildman–Crippen MR) is 106 cm³/mol. The number of hydrazone groups is 1. The van der Waals surface area contributed by atoms with Crippen LogP contribution in [0.3, 0.4) is 0 Å². The van der Waals surface area contributed by atoms with E-state index in [1.54, 1.807) is 24.6 Å². The van der Waals surface area contributed by atoms with Gasteiger partial charge in [-0.25, -0.2) is 4.98 Å². The molecule has 0 aliphatic rings. The van der Waals surface area contributed by atoms with Crippen LogP contribution in [-0.2, 0) is 16.0 Å². The monoisotopic (exact) mass is 395 g/mol. The number of hydrogen-bond acceptors (Lipinski definition) is 7. The van der Waals surface area contributed by atoms with Gasteiger partial charge in [-0.05, 0) is 44.0 Å². The Kier molecular flexibility index (Phi) is 7.87. The number of benzene rings is 1. The van der Waals surface area contributed by atoms with Crippen molar-refractivity contribution in [2.75, 3.05) is 12.0 Å². The van der Waals surface area contributed by atoms with Gasteiger partial charge in [0.15, 0.2) is 0 Å². The highest BCUT2D eigenvalue weighted by atomic mass is 35.5. The number of nitrogens with zero attached hydrogens (tertiary/aromatic N) is 2. The molecule has 0 amide bonds. The maximum Gasteiger partial charge on any atom is 0.311 e. The van der Waals surface area contributed by atoms with Gasteiger partial charge in [-0.1, -0.05) is 18.5 Å². The number of nitrogens with one attached hydrogen (secondary N) is 1. The number of aromatic nitrogens is 1. The highest BCUT2D eigenvalue weighted by molar-refractivity contribution is 7.13. The molecule has 2 aromatic rings. The van der Waals surface area contributed by atoms with Gasteiger partial charge in [0.2, 0.25) is 5.13 Å². The first kappa shape index (κ1) is 20.2. The lowest BCUT2D eigenvalue weighted by molar-refractivity contribution is -0.142. The van der Waals surface area contributed by atoms with Crippen LogP contribution in [0.2, 0.25) is 5.02 Å². The van der Waals surface area contributed by atoms with Crippen LogP contribution in [0, 0.1) is 0 Å². The molecule has 0 fully saturated rings. The lowest BCUT2D eigenvalue weighted by atomic mass is 10.2. The van der Waals surface area contributed by atoms with Crippen molar-refractivity contribution in [2.24, 2.45) is 5.10 Å². The van der Waals surface area contributed by atoms with Crippen molar-refractivity contribution in [3.8, 4) is 5.75 Å². The highest BCUT2D eigenvalue weighted by Gasteiger charge is 2.08. The van der Waals surface area contributed by atoms with E-state index in [2.05, 4.69) is 22.4 Å². The van der Waals surface area contributed by atoms with Gasteiger partial charge >= 0.3 is 5.97 Å². The van der Waals surface area contributed by atoms with Gasteiger partial charge in [-0.15, -0.1) is 11.3 Å². The molecule has 8 heteroatoms. The summed E-state index contributed by atoms with van der Waals surface area (Å²) >= 11 is 7.61. The molecule has 1 atom stereocenters. The highest BCUT2D eigenvalue weighted by Crippen LogP contribution is 2.26. The Morgan fingerprint density at radius 2 is 2.27 bits per heavy atom. The summed E-state index contributed by atoms with van der Waals surface area (Å²) in [6, 6.07) is 5.50. The minimum atomic E-state index is -0.290. The minimum Gasteiger partial charge on any atom is -0.489 e. The van der Waals surface area contributed by atoms with E-state index in [4.69, 9.17) is 21.1 Å². The number of rotatable bonds is 9. The topological polar surface area (TPSA) is 72.8 Å². The molecule has 0 radical (unpaired) electrons. The summed E-state index contributed by atoms with van der Waals surface area (Å²) in [5.41, 5.74) is 4.33. The van der Waals surface area contributed by atoms with Crippen LogP contribution in [-0.4, -0.2) is 29.9 Å². The quantitative estimate of drug-likeness (QED) is 0.383. The van der Waals surface area contributed by atoms with Crippen molar-refractivity contribution < 1.29 is 14.3 Å². The van der Waals surface area contributed by atoms with Gasteiger partial charge in [0.25, 0.3) is 0 Å². The summed E-state index contributed by atoms with van der Waals surface area (Å²) in [4.78, 5) is 15.7. The lowest BCUT2D eigenvalue weighted by Crippen LogP contribution is -2.10. The van der Waals surface area contributed by atoms with Crippen molar-refractivity contribution in [1.29, 1.82) is 0 Å². The van der Waals surface area contributed by atoms with Crippen molar-refractivity contribution in [3.63, 3.8) is 0 Å². The summed E-state index contributed by atoms with van der Waals surface area (Å²) < 4.78 is 10.6. The van der Waals surface area contributed by atoms with Crippen LogP contribution >= 0.6 is 22.9 Å². The SMILES string of the molecule is CCOC(=O)Cc1csc(NN=Cc2ccc(OC(C)CC)c(Cl)c2)n1. The molecule has 0 aliphatic heterocycles. The van der Waals surface area contributed by atoms with Gasteiger partial charge in [-0.3, -0.25) is 10.2 Å². The van der Waals surface area contributed by atoms with Crippen molar-refractivity contribution >= 4 is 40.3 Å². The Morgan fingerprint density at radius 1 is 1.46 bits per heavy atom. The molecular formula is C18H22ClN3O3S. The normalized spacial score (nSPS) is 12.2. The van der Waals surface area contributed by atoms with E-state index in [0.29, 0.717) is 28.2 Å². The zero-order valence-corrected chi connectivity index (χ0v) is 16.6. The summed E-state index contributed by atoms with van der Waals surface area (Å²) in [6.45, 7) is 6.19. The summed E-state index contributed by atoms with van der Waals surface area (Å²) in [6.07, 6.45) is 2.83. The van der Waals surface area contributed by atoms with E-state index in [1.807, 2.05) is 19.1 Å². The van der Waals surface area contributed by atoms with Crippen LogP contribution in [0.15, 0.2) is 28.7 Å². The molecular weight excluding hydrogens is 374 g/mol. The maximum absolute atomic E-state index is 11.4. The van der Waals surface area contributed by atoms with Crippen LogP contribution in [0.4, 0.5) is 5.13 Å². The van der Waals surface area contributed by atoms with E-state index < -0.39 is 0 Å². The van der Waals surface area contributed by atoms with E-state index >= 15 is 0 Å². The Morgan fingerprint density at radius 3 is 2.96 bits per heavy atom. The number of carbonyl (C=O) groups excluding carboxylic acids is 1. The lowest BCUT2D eigenvalue weighted by Gasteiger charge is -2.13. The molecule has 1 aromatic carbocycles. The largest absolute Gasteiger partial charge is 0.489 e. The molecule has 0 spiro atoms. The molecule has 1 aromatic heterocycles. The second kappa shape index (κ2) is 10.1. The van der Waals surface area contributed by atoms with Crippen LogP contribution in [0.25, 0.3) is 0 Å². The first-order valence-corrected chi connectivity index (χ1v) is 9.62. The van der Waals surface area contributed by atoms with Gasteiger partial charge in [-0.2, -0.15) is 5.10 Å². The molecule has 1 unspecified atom stereocenters. The molecule has 140 valence electrons. The fourth-order valence-electron chi connectivity index (χ4n) is 1.95. The Labute approximate surface area is 162 Å². The number of halogens is 1. The van der Waals surface area contributed by atoms with E-state index in [-0.39, 0.29) is 18.5 Å². The molecule has 2 rings (SSSR count). The Hall–Kier alpha value is -2.12. The van der Waals surface area contributed by atoms with Crippen molar-refractivity contribution in [1.82, 2.24) is 4.98 Å². The van der Waals surface area contributed by atoms with E-state index in [0.717, 1.165) is 12.0 Å². The van der Waals surface area contributed by atoms with Crippen LogP contribution < -0.4 is 10.2 Å². The maximum atomic E-state index is 11.4. The number of ether oxygens (including phenoxy) is 2. The fraction of sp³-hybridized carbons (Fsp3) is 0.389. The predicted octanol–water partition coefficient (Wildman–Crippen LogP) is 4.53. The molecule has 1 heterocycles. The average Bonchev–Trinajstić information content (AvgIpc) is 3.04. The van der Waals surface area contributed by atoms with Crippen molar-refractivity contribution in [3.05, 3.63) is 39.9 Å². The molecule has 26 heavy (non-hydrogen) atoms. The molecule has 0 saturated heterocycles. The van der Waals surface area contributed by atoms with Crippen LogP contribution in [0.5, 0.6) is 5.75 Å². The molecule has 0 aliphatic carbocycles. The summed E-state index contributed by atoms with van der Waals surface area (Å²) in [5.74, 6) is 0.372. The third-order valence-electron chi connectivity index (χ3n) is 3.42. The third kappa shape index (κ3) is 6.31. The first-order chi connectivity index (χ1) is 12.5. The summed E-state index contributed by atoms with van der Waals surface area (Å²) in [7, 11) is 0. The van der Waals surface area contributed by atoms with Gasteiger partial charge in [0.1, 0.15) is 5.75 Å². The fourth-order valence-corrected chi connectivity index (χ4v) is 2.85. The minimum absolute atomic E-state index is 0.113. The number of anilines is 1. The molecule has 1 N–H and O–H groups in total. The third-order valence-corrected chi connectivity index (χ3v) is 4.51. The molecule has 0 bridgehead atoms. The van der Waals surface area contributed by atoms with Gasteiger partial charge < -0.3 is 9.47 Å². The van der Waals surface area contributed by atoms with Crippen molar-refractivity contribution in [2.45, 2.75) is 39.7 Å². The second-order valence-electron chi connectivity index (χ2n) is 5.52. The summed E-state index contributed by atoms with van der Waals surface area (Å²) in [5, 5.41) is 7.09. The molecule has 6 nitrogen and oxygen atoms in total. The Balaban J connectivity index is 1.91. The standard InChI is InChI=1S/C18H22ClN3O3S/c1-4-12(3)25-16-7-6-13(8-15(16)19)10-20-22-18-21-14(11-26-18)9-17(23)24-5-2/h6-8,10-12H,4-5,9H2,1-3H3,(H,21,22). The smallest absolute Gasteiger partial charge is 0.311 e. The van der Waals surface area contributed by atoms with Gasteiger partial charge in [0, 0.05) is 5.38 Å². The Bertz CT molecular complexity index is 764. The zero-order valence-electron chi connectivity index (χ0n) is 15.0. The number of carbonyl (C=O) groups is 1.